The topological polar surface area (TPSA) is 112 Å². The molecule has 32 heavy (non-hydrogen) atoms. The smallest absolute Gasteiger partial charge is 0.407 e. The monoisotopic (exact) mass is 438 g/mol. The number of aromatic nitrogens is 4. The Morgan fingerprint density at radius 1 is 1.34 bits per heavy atom. The van der Waals surface area contributed by atoms with Crippen molar-refractivity contribution < 1.29 is 19.0 Å². The first-order valence-corrected chi connectivity index (χ1v) is 10.7. The van der Waals surface area contributed by atoms with Crippen LogP contribution in [0.15, 0.2) is 36.8 Å². The van der Waals surface area contributed by atoms with Crippen molar-refractivity contribution in [1.82, 2.24) is 24.9 Å². The summed E-state index contributed by atoms with van der Waals surface area (Å²) in [5.41, 5.74) is 3.34. The number of alkyl carbamates (subject to hydrolysis) is 1. The number of methoxy groups -OCH3 is 1. The van der Waals surface area contributed by atoms with E-state index in [0.29, 0.717) is 25.6 Å². The van der Waals surface area contributed by atoms with Gasteiger partial charge in [0.15, 0.2) is 0 Å². The molecule has 0 bridgehead atoms. The van der Waals surface area contributed by atoms with E-state index in [0.717, 1.165) is 35.3 Å². The molecule has 168 valence electrons. The van der Waals surface area contributed by atoms with Gasteiger partial charge in [0.25, 0.3) is 0 Å². The van der Waals surface area contributed by atoms with E-state index >= 15 is 0 Å². The van der Waals surface area contributed by atoms with E-state index in [2.05, 4.69) is 25.7 Å². The summed E-state index contributed by atoms with van der Waals surface area (Å²) in [7, 11) is 1.64. The lowest BCUT2D eigenvalue weighted by Crippen LogP contribution is -2.37. The lowest BCUT2D eigenvalue weighted by molar-refractivity contribution is 0.0683. The van der Waals surface area contributed by atoms with Gasteiger partial charge in [0.1, 0.15) is 6.10 Å². The van der Waals surface area contributed by atoms with Crippen molar-refractivity contribution in [2.45, 2.75) is 50.5 Å². The molecule has 1 saturated heterocycles. The van der Waals surface area contributed by atoms with Gasteiger partial charge in [-0.25, -0.2) is 19.3 Å². The molecular formula is C22H26N6O4. The van der Waals surface area contributed by atoms with Crippen molar-refractivity contribution >= 4 is 23.2 Å². The van der Waals surface area contributed by atoms with Gasteiger partial charge in [0.05, 0.1) is 36.2 Å². The molecule has 2 fully saturated rings. The number of nitrogens with one attached hydrogen (secondary N) is 2. The SMILES string of the molecule is COCc1cc2c(Nc3ncc(C4CC(OC(=O)NC5(C)CC5)CO4)cn3)cccn2n1. The summed E-state index contributed by atoms with van der Waals surface area (Å²) in [6, 6.07) is 5.81. The van der Waals surface area contributed by atoms with Crippen LogP contribution in [0.4, 0.5) is 16.4 Å². The molecule has 2 aliphatic rings. The molecular weight excluding hydrogens is 412 g/mol. The van der Waals surface area contributed by atoms with Gasteiger partial charge in [-0.15, -0.1) is 0 Å². The van der Waals surface area contributed by atoms with Gasteiger partial charge >= 0.3 is 6.09 Å². The maximum Gasteiger partial charge on any atom is 0.407 e. The van der Waals surface area contributed by atoms with Gasteiger partial charge in [-0.1, -0.05) is 0 Å². The van der Waals surface area contributed by atoms with E-state index < -0.39 is 0 Å². The summed E-state index contributed by atoms with van der Waals surface area (Å²) in [4.78, 5) is 20.9. The lowest BCUT2D eigenvalue weighted by Gasteiger charge is -2.15. The highest BCUT2D eigenvalue weighted by Gasteiger charge is 2.40. The van der Waals surface area contributed by atoms with Crippen LogP contribution >= 0.6 is 0 Å². The Bertz CT molecular complexity index is 1110. The average molecular weight is 438 g/mol. The summed E-state index contributed by atoms with van der Waals surface area (Å²) in [5.74, 6) is 0.471. The molecule has 1 saturated carbocycles. The number of hydrogen-bond acceptors (Lipinski definition) is 8. The maximum absolute atomic E-state index is 12.0. The molecule has 10 nitrogen and oxygen atoms in total. The molecule has 2 N–H and O–H groups in total. The van der Waals surface area contributed by atoms with Crippen LogP contribution in [-0.2, 0) is 20.8 Å². The van der Waals surface area contributed by atoms with Gasteiger partial charge in [0, 0.05) is 43.2 Å². The van der Waals surface area contributed by atoms with Gasteiger partial charge in [-0.3, -0.25) is 0 Å². The quantitative estimate of drug-likeness (QED) is 0.579. The zero-order chi connectivity index (χ0) is 22.1. The summed E-state index contributed by atoms with van der Waals surface area (Å²) >= 11 is 0. The van der Waals surface area contributed by atoms with Crippen molar-refractivity contribution in [3.8, 4) is 0 Å². The first-order valence-electron chi connectivity index (χ1n) is 10.7. The highest BCUT2D eigenvalue weighted by atomic mass is 16.6. The number of amides is 1. The third kappa shape index (κ3) is 4.51. The molecule has 2 unspecified atom stereocenters. The van der Waals surface area contributed by atoms with Crippen LogP contribution in [0.5, 0.6) is 0 Å². The molecule has 2 atom stereocenters. The van der Waals surface area contributed by atoms with Gasteiger partial charge in [0.2, 0.25) is 5.95 Å². The number of nitrogens with zero attached hydrogens (tertiary/aromatic N) is 4. The zero-order valence-electron chi connectivity index (χ0n) is 18.1. The number of fused-ring (bicyclic) bond motifs is 1. The molecule has 10 heteroatoms. The molecule has 5 rings (SSSR count). The summed E-state index contributed by atoms with van der Waals surface area (Å²) in [5, 5.41) is 10.6. The van der Waals surface area contributed by atoms with Crippen LogP contribution in [0.2, 0.25) is 0 Å². The van der Waals surface area contributed by atoms with E-state index in [4.69, 9.17) is 14.2 Å². The number of carbonyl (C=O) groups excluding carboxylic acids is 1. The van der Waals surface area contributed by atoms with Crippen LogP contribution in [-0.4, -0.2) is 51.0 Å². The second-order valence-electron chi connectivity index (χ2n) is 8.56. The average Bonchev–Trinajstić information content (AvgIpc) is 3.15. The molecule has 1 aliphatic heterocycles. The molecule has 0 aromatic carbocycles. The molecule has 1 aliphatic carbocycles. The summed E-state index contributed by atoms with van der Waals surface area (Å²) in [6.45, 7) is 2.82. The first kappa shape index (κ1) is 20.7. The largest absolute Gasteiger partial charge is 0.444 e. The predicted octanol–water partition coefficient (Wildman–Crippen LogP) is 3.12. The van der Waals surface area contributed by atoms with Crippen molar-refractivity contribution in [2.24, 2.45) is 0 Å². The Balaban J connectivity index is 1.20. The van der Waals surface area contributed by atoms with E-state index in [9.17, 15) is 4.79 Å². The van der Waals surface area contributed by atoms with Crippen molar-refractivity contribution in [2.75, 3.05) is 19.0 Å². The zero-order valence-corrected chi connectivity index (χ0v) is 18.1. The third-order valence-corrected chi connectivity index (χ3v) is 5.77. The fraction of sp³-hybridized carbons (Fsp3) is 0.455. The first-order chi connectivity index (χ1) is 15.5. The Hall–Kier alpha value is -3.24. The van der Waals surface area contributed by atoms with Crippen molar-refractivity contribution in [3.63, 3.8) is 0 Å². The van der Waals surface area contributed by atoms with Crippen LogP contribution in [0.3, 0.4) is 0 Å². The lowest BCUT2D eigenvalue weighted by atomic mass is 10.1. The minimum Gasteiger partial charge on any atom is -0.444 e. The van der Waals surface area contributed by atoms with Crippen LogP contribution in [0.1, 0.15) is 43.5 Å². The minimum atomic E-state index is -0.377. The predicted molar refractivity (Wildman–Crippen MR) is 116 cm³/mol. The van der Waals surface area contributed by atoms with E-state index in [1.807, 2.05) is 31.3 Å². The summed E-state index contributed by atoms with van der Waals surface area (Å²) < 4.78 is 18.3. The molecule has 1 amide bonds. The number of pyridine rings is 1. The number of anilines is 2. The molecule has 3 aromatic rings. The second-order valence-corrected chi connectivity index (χ2v) is 8.56. The highest BCUT2D eigenvalue weighted by molar-refractivity contribution is 5.75. The number of ether oxygens (including phenoxy) is 3. The van der Waals surface area contributed by atoms with Gasteiger partial charge in [-0.05, 0) is 38.0 Å². The van der Waals surface area contributed by atoms with E-state index in [1.165, 1.54) is 0 Å². The molecule has 3 aromatic heterocycles. The van der Waals surface area contributed by atoms with Crippen molar-refractivity contribution in [1.29, 1.82) is 0 Å². The minimum absolute atomic E-state index is 0.0980. The fourth-order valence-corrected chi connectivity index (χ4v) is 3.73. The summed E-state index contributed by atoms with van der Waals surface area (Å²) in [6.07, 6.45) is 7.07. The second kappa shape index (κ2) is 8.36. The fourth-order valence-electron chi connectivity index (χ4n) is 3.73. The van der Waals surface area contributed by atoms with Crippen LogP contribution in [0, 0.1) is 0 Å². The van der Waals surface area contributed by atoms with Crippen molar-refractivity contribution in [3.05, 3.63) is 48.0 Å². The number of hydrogen-bond donors (Lipinski definition) is 2. The number of carbonyl (C=O) groups is 1. The normalized spacial score (nSPS) is 21.4. The molecule has 4 heterocycles. The Morgan fingerprint density at radius 3 is 2.91 bits per heavy atom. The Kier molecular flexibility index (Phi) is 5.40. The highest BCUT2D eigenvalue weighted by Crippen LogP contribution is 2.35. The van der Waals surface area contributed by atoms with Crippen LogP contribution < -0.4 is 10.6 Å². The Labute approximate surface area is 185 Å². The van der Waals surface area contributed by atoms with Gasteiger partial charge in [-0.2, -0.15) is 5.10 Å². The van der Waals surface area contributed by atoms with Gasteiger partial charge < -0.3 is 24.8 Å². The standard InChI is InChI=1S/C22H26N6O4/c1-22(5-6-22)26-21(29)32-16-9-19(31-13-16)14-10-23-20(24-11-14)25-17-4-3-7-28-18(17)8-15(27-28)12-30-2/h3-4,7-8,10-11,16,19H,5-6,9,12-13H2,1-2H3,(H,26,29)(H,23,24,25). The maximum atomic E-state index is 12.0. The number of rotatable bonds is 7. The molecule has 0 spiro atoms. The van der Waals surface area contributed by atoms with Crippen LogP contribution in [0.25, 0.3) is 5.52 Å². The van der Waals surface area contributed by atoms with E-state index in [1.54, 1.807) is 24.0 Å². The Morgan fingerprint density at radius 2 is 2.16 bits per heavy atom. The third-order valence-electron chi connectivity index (χ3n) is 5.77. The van der Waals surface area contributed by atoms with E-state index in [-0.39, 0.29) is 23.8 Å². The molecule has 0 radical (unpaired) electrons.